The number of ether oxygens (including phenoxy) is 1. The summed E-state index contributed by atoms with van der Waals surface area (Å²) in [4.78, 5) is 10.3. The van der Waals surface area contributed by atoms with Gasteiger partial charge in [-0.15, -0.1) is 0 Å². The molecular weight excluding hydrogens is 164 g/mol. The molecule has 2 heteroatoms. The SMILES string of the molecule is CC1COc2ccc(CC=O)cc21. The van der Waals surface area contributed by atoms with Crippen LogP contribution in [0.15, 0.2) is 18.2 Å². The van der Waals surface area contributed by atoms with E-state index in [1.54, 1.807) is 0 Å². The molecule has 1 unspecified atom stereocenters. The fraction of sp³-hybridized carbons (Fsp3) is 0.364. The Balaban J connectivity index is 2.35. The molecule has 0 fully saturated rings. The molecule has 1 aromatic carbocycles. The molecule has 1 atom stereocenters. The van der Waals surface area contributed by atoms with E-state index in [0.717, 1.165) is 24.2 Å². The van der Waals surface area contributed by atoms with Gasteiger partial charge in [0.2, 0.25) is 0 Å². The molecule has 0 saturated carbocycles. The number of rotatable bonds is 2. The molecule has 0 aromatic heterocycles. The van der Waals surface area contributed by atoms with Crippen molar-refractivity contribution in [2.75, 3.05) is 6.61 Å². The largest absolute Gasteiger partial charge is 0.493 e. The lowest BCUT2D eigenvalue weighted by atomic mass is 10.0. The second-order valence-electron chi connectivity index (χ2n) is 3.46. The highest BCUT2D eigenvalue weighted by molar-refractivity contribution is 5.56. The summed E-state index contributed by atoms with van der Waals surface area (Å²) in [5.41, 5.74) is 2.31. The van der Waals surface area contributed by atoms with E-state index >= 15 is 0 Å². The van der Waals surface area contributed by atoms with Crippen LogP contribution in [0.2, 0.25) is 0 Å². The van der Waals surface area contributed by atoms with Gasteiger partial charge in [0.1, 0.15) is 12.0 Å². The van der Waals surface area contributed by atoms with Crippen molar-refractivity contribution in [1.29, 1.82) is 0 Å². The molecular formula is C11H12O2. The molecule has 0 radical (unpaired) electrons. The minimum atomic E-state index is 0.460. The van der Waals surface area contributed by atoms with Gasteiger partial charge in [-0.3, -0.25) is 0 Å². The fourth-order valence-corrected chi connectivity index (χ4v) is 1.64. The van der Waals surface area contributed by atoms with Crippen LogP contribution in [-0.2, 0) is 11.2 Å². The van der Waals surface area contributed by atoms with Crippen LogP contribution in [0.4, 0.5) is 0 Å². The van der Waals surface area contributed by atoms with Crippen LogP contribution in [-0.4, -0.2) is 12.9 Å². The molecule has 0 aliphatic carbocycles. The maximum absolute atomic E-state index is 10.3. The number of carbonyl (C=O) groups is 1. The molecule has 1 aliphatic rings. The third-order valence-electron chi connectivity index (χ3n) is 2.41. The van der Waals surface area contributed by atoms with Gasteiger partial charge >= 0.3 is 0 Å². The summed E-state index contributed by atoms with van der Waals surface area (Å²) >= 11 is 0. The van der Waals surface area contributed by atoms with E-state index in [-0.39, 0.29) is 0 Å². The summed E-state index contributed by atoms with van der Waals surface area (Å²) in [7, 11) is 0. The Bertz CT molecular complexity index is 331. The van der Waals surface area contributed by atoms with Crippen molar-refractivity contribution in [2.45, 2.75) is 19.3 Å². The van der Waals surface area contributed by atoms with Crippen molar-refractivity contribution in [3.05, 3.63) is 29.3 Å². The lowest BCUT2D eigenvalue weighted by Gasteiger charge is -2.02. The molecule has 0 N–H and O–H groups in total. The highest BCUT2D eigenvalue weighted by Crippen LogP contribution is 2.33. The number of fused-ring (bicyclic) bond motifs is 1. The van der Waals surface area contributed by atoms with Gasteiger partial charge in [0.25, 0.3) is 0 Å². The van der Waals surface area contributed by atoms with Crippen LogP contribution in [0, 0.1) is 0 Å². The summed E-state index contributed by atoms with van der Waals surface area (Å²) in [6.07, 6.45) is 1.43. The Morgan fingerprint density at radius 2 is 2.46 bits per heavy atom. The second-order valence-corrected chi connectivity index (χ2v) is 3.46. The first kappa shape index (κ1) is 8.30. The van der Waals surface area contributed by atoms with E-state index in [1.165, 1.54) is 5.56 Å². The van der Waals surface area contributed by atoms with Gasteiger partial charge in [0.05, 0.1) is 6.61 Å². The fourth-order valence-electron chi connectivity index (χ4n) is 1.64. The Morgan fingerprint density at radius 1 is 1.62 bits per heavy atom. The molecule has 1 aromatic rings. The van der Waals surface area contributed by atoms with Crippen LogP contribution in [0.25, 0.3) is 0 Å². The lowest BCUT2D eigenvalue weighted by molar-refractivity contribution is -0.107. The first-order valence-electron chi connectivity index (χ1n) is 4.50. The highest BCUT2D eigenvalue weighted by Gasteiger charge is 2.19. The second kappa shape index (κ2) is 3.21. The van der Waals surface area contributed by atoms with Crippen LogP contribution in [0.3, 0.4) is 0 Å². The predicted octanol–water partition coefficient (Wildman–Crippen LogP) is 1.92. The zero-order valence-corrected chi connectivity index (χ0v) is 7.62. The maximum atomic E-state index is 10.3. The van der Waals surface area contributed by atoms with Crippen LogP contribution < -0.4 is 4.74 Å². The number of hydrogen-bond acceptors (Lipinski definition) is 2. The van der Waals surface area contributed by atoms with Crippen molar-refractivity contribution in [3.8, 4) is 5.75 Å². The van der Waals surface area contributed by atoms with Crippen molar-refractivity contribution in [3.63, 3.8) is 0 Å². The first-order chi connectivity index (χ1) is 6.31. The van der Waals surface area contributed by atoms with E-state index < -0.39 is 0 Å². The number of aldehydes is 1. The summed E-state index contributed by atoms with van der Waals surface area (Å²) in [5, 5.41) is 0. The average Bonchev–Trinajstić information content (AvgIpc) is 2.49. The van der Waals surface area contributed by atoms with E-state index in [9.17, 15) is 4.79 Å². The van der Waals surface area contributed by atoms with Gasteiger partial charge in [-0.25, -0.2) is 0 Å². The molecule has 0 amide bonds. The van der Waals surface area contributed by atoms with Crippen molar-refractivity contribution in [2.24, 2.45) is 0 Å². The van der Waals surface area contributed by atoms with E-state index in [0.29, 0.717) is 12.3 Å². The molecule has 13 heavy (non-hydrogen) atoms. The van der Waals surface area contributed by atoms with Crippen molar-refractivity contribution in [1.82, 2.24) is 0 Å². The lowest BCUT2D eigenvalue weighted by Crippen LogP contribution is -1.94. The van der Waals surface area contributed by atoms with E-state index in [2.05, 4.69) is 13.0 Å². The zero-order valence-electron chi connectivity index (χ0n) is 7.62. The van der Waals surface area contributed by atoms with Crippen LogP contribution in [0.1, 0.15) is 24.0 Å². The highest BCUT2D eigenvalue weighted by atomic mass is 16.5. The first-order valence-corrected chi connectivity index (χ1v) is 4.50. The molecule has 0 saturated heterocycles. The number of carbonyl (C=O) groups excluding carboxylic acids is 1. The van der Waals surface area contributed by atoms with Gasteiger partial charge in [-0.1, -0.05) is 19.1 Å². The maximum Gasteiger partial charge on any atom is 0.124 e. The predicted molar refractivity (Wildman–Crippen MR) is 50.1 cm³/mol. The molecule has 0 bridgehead atoms. The average molecular weight is 176 g/mol. The number of hydrogen-bond donors (Lipinski definition) is 0. The molecule has 0 spiro atoms. The van der Waals surface area contributed by atoms with Crippen LogP contribution in [0.5, 0.6) is 5.75 Å². The minimum absolute atomic E-state index is 0.460. The van der Waals surface area contributed by atoms with Crippen LogP contribution >= 0.6 is 0 Å². The van der Waals surface area contributed by atoms with Gasteiger partial charge in [-0.2, -0.15) is 0 Å². The molecule has 1 heterocycles. The Morgan fingerprint density at radius 3 is 3.23 bits per heavy atom. The summed E-state index contributed by atoms with van der Waals surface area (Å²) in [6, 6.07) is 5.98. The summed E-state index contributed by atoms with van der Waals surface area (Å²) < 4.78 is 5.46. The topological polar surface area (TPSA) is 26.3 Å². The summed E-state index contributed by atoms with van der Waals surface area (Å²) in [5.74, 6) is 1.43. The summed E-state index contributed by atoms with van der Waals surface area (Å²) in [6.45, 7) is 2.90. The number of benzene rings is 1. The third-order valence-corrected chi connectivity index (χ3v) is 2.41. The molecule has 1 aliphatic heterocycles. The molecule has 68 valence electrons. The van der Waals surface area contributed by atoms with Gasteiger partial charge in [0.15, 0.2) is 0 Å². The monoisotopic (exact) mass is 176 g/mol. The van der Waals surface area contributed by atoms with E-state index in [1.807, 2.05) is 12.1 Å². The standard InChI is InChI=1S/C11H12O2/c1-8-7-13-11-3-2-9(4-5-12)6-10(8)11/h2-3,5-6,8H,4,7H2,1H3. The van der Waals surface area contributed by atoms with Gasteiger partial charge < -0.3 is 9.53 Å². The smallest absolute Gasteiger partial charge is 0.124 e. The zero-order chi connectivity index (χ0) is 9.26. The quantitative estimate of drug-likeness (QED) is 0.643. The molecule has 2 nitrogen and oxygen atoms in total. The van der Waals surface area contributed by atoms with Gasteiger partial charge in [0, 0.05) is 17.9 Å². The minimum Gasteiger partial charge on any atom is -0.493 e. The normalized spacial score (nSPS) is 19.3. The molecule has 2 rings (SSSR count). The van der Waals surface area contributed by atoms with Gasteiger partial charge in [-0.05, 0) is 11.6 Å². The third kappa shape index (κ3) is 1.44. The Hall–Kier alpha value is -1.31. The van der Waals surface area contributed by atoms with E-state index in [4.69, 9.17) is 4.74 Å². The Labute approximate surface area is 77.5 Å². The van der Waals surface area contributed by atoms with Crippen molar-refractivity contribution < 1.29 is 9.53 Å². The Kier molecular flexibility index (Phi) is 2.05. The van der Waals surface area contributed by atoms with Crippen molar-refractivity contribution >= 4 is 6.29 Å².